The zero-order valence-electron chi connectivity index (χ0n) is 15.8. The lowest BCUT2D eigenvalue weighted by Crippen LogP contribution is -2.32. The number of rotatable bonds is 8. The van der Waals surface area contributed by atoms with Gasteiger partial charge in [0.1, 0.15) is 0 Å². The minimum Gasteiger partial charge on any atom is -0.351 e. The fraction of sp³-hybridized carbons (Fsp3) is 0.474. The fourth-order valence-corrected chi connectivity index (χ4v) is 4.66. The van der Waals surface area contributed by atoms with E-state index in [1.54, 1.807) is 4.90 Å². The predicted octanol–water partition coefficient (Wildman–Crippen LogP) is 3.55. The number of anilines is 1. The molecule has 0 saturated heterocycles. The Hall–Kier alpha value is -1.93. The molecule has 1 aromatic heterocycles. The van der Waals surface area contributed by atoms with E-state index >= 15 is 0 Å². The first-order chi connectivity index (χ1) is 13.0. The Labute approximate surface area is 167 Å². The predicted molar refractivity (Wildman–Crippen MR) is 109 cm³/mol. The van der Waals surface area contributed by atoms with Crippen LogP contribution in [0.4, 0.5) is 5.13 Å². The number of nitrogens with one attached hydrogen (secondary N) is 1. The van der Waals surface area contributed by atoms with E-state index < -0.39 is 0 Å². The van der Waals surface area contributed by atoms with E-state index in [0.29, 0.717) is 22.4 Å². The van der Waals surface area contributed by atoms with Crippen LogP contribution in [0.25, 0.3) is 0 Å². The number of aryl methyl sites for hydroxylation is 1. The summed E-state index contributed by atoms with van der Waals surface area (Å²) < 4.78 is 0.706. The van der Waals surface area contributed by atoms with Crippen LogP contribution >= 0.6 is 23.1 Å². The molecule has 0 aliphatic heterocycles. The highest BCUT2D eigenvalue weighted by molar-refractivity contribution is 8.02. The third-order valence-electron chi connectivity index (χ3n) is 4.32. The van der Waals surface area contributed by atoms with Gasteiger partial charge in [-0.1, -0.05) is 59.9 Å². The van der Waals surface area contributed by atoms with Crippen LogP contribution in [0.15, 0.2) is 28.6 Å². The number of hydrogen-bond donors (Lipinski definition) is 1. The van der Waals surface area contributed by atoms with Gasteiger partial charge in [-0.25, -0.2) is 0 Å². The molecule has 6 nitrogen and oxygen atoms in total. The van der Waals surface area contributed by atoms with Gasteiger partial charge in [0.25, 0.3) is 0 Å². The lowest BCUT2D eigenvalue weighted by atomic mass is 10.1. The number of hydrogen-bond acceptors (Lipinski definition) is 6. The van der Waals surface area contributed by atoms with Crippen molar-refractivity contribution in [1.82, 2.24) is 15.5 Å². The molecule has 1 aliphatic rings. The normalized spacial score (nSPS) is 14.6. The maximum atomic E-state index is 12.4. The van der Waals surface area contributed by atoms with Crippen molar-refractivity contribution in [2.45, 2.75) is 62.2 Å². The lowest BCUT2D eigenvalue weighted by Gasteiger charge is -2.17. The van der Waals surface area contributed by atoms with E-state index in [1.807, 2.05) is 45.0 Å². The van der Waals surface area contributed by atoms with Gasteiger partial charge < -0.3 is 5.32 Å². The number of aromatic nitrogens is 2. The Morgan fingerprint density at radius 1 is 1.30 bits per heavy atom. The van der Waals surface area contributed by atoms with Crippen molar-refractivity contribution in [2.24, 2.45) is 0 Å². The summed E-state index contributed by atoms with van der Waals surface area (Å²) in [7, 11) is 0. The molecule has 1 heterocycles. The topological polar surface area (TPSA) is 75.2 Å². The molecular formula is C19H24N4O2S2. The number of thioether (sulfide) groups is 1. The zero-order chi connectivity index (χ0) is 19.4. The number of benzene rings is 1. The van der Waals surface area contributed by atoms with Crippen LogP contribution in [0.3, 0.4) is 0 Å². The van der Waals surface area contributed by atoms with E-state index in [4.69, 9.17) is 0 Å². The largest absolute Gasteiger partial charge is 0.351 e. The van der Waals surface area contributed by atoms with Gasteiger partial charge in [-0.05, 0) is 32.3 Å². The van der Waals surface area contributed by atoms with Crippen LogP contribution in [-0.4, -0.2) is 33.3 Å². The molecule has 1 unspecified atom stereocenters. The van der Waals surface area contributed by atoms with Crippen molar-refractivity contribution in [2.75, 3.05) is 4.90 Å². The van der Waals surface area contributed by atoms with Gasteiger partial charge in [0.2, 0.25) is 16.9 Å². The van der Waals surface area contributed by atoms with E-state index in [-0.39, 0.29) is 23.1 Å². The van der Waals surface area contributed by atoms with Crippen molar-refractivity contribution in [3.63, 3.8) is 0 Å². The van der Waals surface area contributed by atoms with Crippen molar-refractivity contribution in [3.05, 3.63) is 35.4 Å². The number of carbonyl (C=O) groups excluding carboxylic acids is 2. The van der Waals surface area contributed by atoms with E-state index in [1.165, 1.54) is 28.7 Å². The van der Waals surface area contributed by atoms with Crippen molar-refractivity contribution < 1.29 is 9.59 Å². The van der Waals surface area contributed by atoms with Gasteiger partial charge in [0, 0.05) is 19.0 Å². The molecule has 3 rings (SSSR count). The Bertz CT molecular complexity index is 802. The average molecular weight is 405 g/mol. The van der Waals surface area contributed by atoms with Gasteiger partial charge in [-0.15, -0.1) is 10.2 Å². The van der Waals surface area contributed by atoms with Gasteiger partial charge in [-0.3, -0.25) is 14.5 Å². The monoisotopic (exact) mass is 404 g/mol. The van der Waals surface area contributed by atoms with Crippen molar-refractivity contribution >= 4 is 40.0 Å². The second-order valence-electron chi connectivity index (χ2n) is 6.66. The summed E-state index contributed by atoms with van der Waals surface area (Å²) in [5.41, 5.74) is 2.27. The summed E-state index contributed by atoms with van der Waals surface area (Å²) >= 11 is 2.75. The number of nitrogens with zero attached hydrogens (tertiary/aromatic N) is 3. The van der Waals surface area contributed by atoms with Gasteiger partial charge in [-0.2, -0.15) is 0 Å². The van der Waals surface area contributed by atoms with Crippen LogP contribution in [0.1, 0.15) is 44.2 Å². The van der Waals surface area contributed by atoms with Gasteiger partial charge in [0.15, 0.2) is 4.34 Å². The molecule has 1 aliphatic carbocycles. The standard InChI is InChI=1S/C19H24N4O2S2/c1-4-16(24)23(15-9-10-15)18-21-22-19(27-18)26-13(3)17(25)20-11-14-7-5-12(2)6-8-14/h5-8,13,15H,4,9-11H2,1-3H3,(H,20,25). The third kappa shape index (κ3) is 5.29. The summed E-state index contributed by atoms with van der Waals surface area (Å²) in [4.78, 5) is 26.3. The fourth-order valence-electron chi connectivity index (χ4n) is 2.56. The smallest absolute Gasteiger partial charge is 0.233 e. The average Bonchev–Trinajstić information content (AvgIpc) is 3.39. The summed E-state index contributed by atoms with van der Waals surface area (Å²) in [5.74, 6) is 0.0371. The van der Waals surface area contributed by atoms with Crippen molar-refractivity contribution in [1.29, 1.82) is 0 Å². The Morgan fingerprint density at radius 3 is 2.63 bits per heavy atom. The summed E-state index contributed by atoms with van der Waals surface area (Å²) in [6, 6.07) is 8.36. The molecule has 27 heavy (non-hydrogen) atoms. The molecule has 1 N–H and O–H groups in total. The molecule has 2 aromatic rings. The van der Waals surface area contributed by atoms with Crippen LogP contribution in [0.5, 0.6) is 0 Å². The highest BCUT2D eigenvalue weighted by Crippen LogP contribution is 2.37. The molecule has 144 valence electrons. The maximum Gasteiger partial charge on any atom is 0.233 e. The number of carbonyl (C=O) groups is 2. The molecule has 8 heteroatoms. The second-order valence-corrected chi connectivity index (χ2v) is 9.21. The molecule has 0 bridgehead atoms. The highest BCUT2D eigenvalue weighted by Gasteiger charge is 2.35. The quantitative estimate of drug-likeness (QED) is 0.538. The highest BCUT2D eigenvalue weighted by atomic mass is 32.2. The minimum absolute atomic E-state index is 0.0407. The summed E-state index contributed by atoms with van der Waals surface area (Å²) in [5, 5.41) is 11.7. The first kappa shape index (κ1) is 19.8. The summed E-state index contributed by atoms with van der Waals surface area (Å²) in [6.45, 7) is 6.25. The molecule has 2 amide bonds. The lowest BCUT2D eigenvalue weighted by molar-refractivity contribution is -0.120. The molecule has 1 fully saturated rings. The van der Waals surface area contributed by atoms with Crippen LogP contribution in [-0.2, 0) is 16.1 Å². The van der Waals surface area contributed by atoms with E-state index in [2.05, 4.69) is 15.5 Å². The van der Waals surface area contributed by atoms with Gasteiger partial charge >= 0.3 is 0 Å². The SMILES string of the molecule is CCC(=O)N(c1nnc(SC(C)C(=O)NCc2ccc(C)cc2)s1)C1CC1. The van der Waals surface area contributed by atoms with Crippen LogP contribution in [0.2, 0.25) is 0 Å². The Morgan fingerprint density at radius 2 is 2.00 bits per heavy atom. The van der Waals surface area contributed by atoms with E-state index in [9.17, 15) is 9.59 Å². The van der Waals surface area contributed by atoms with E-state index in [0.717, 1.165) is 18.4 Å². The molecule has 1 atom stereocenters. The maximum absolute atomic E-state index is 12.4. The molecule has 0 spiro atoms. The Kier molecular flexibility index (Phi) is 6.49. The second kappa shape index (κ2) is 8.84. The first-order valence-corrected chi connectivity index (χ1v) is 10.8. The molecule has 0 radical (unpaired) electrons. The number of amides is 2. The van der Waals surface area contributed by atoms with Crippen molar-refractivity contribution in [3.8, 4) is 0 Å². The molecule has 1 aromatic carbocycles. The molecule has 1 saturated carbocycles. The first-order valence-electron chi connectivity index (χ1n) is 9.13. The third-order valence-corrected chi connectivity index (χ3v) is 6.43. The Balaban J connectivity index is 1.55. The molecular weight excluding hydrogens is 380 g/mol. The van der Waals surface area contributed by atoms with Crippen LogP contribution < -0.4 is 10.2 Å². The summed E-state index contributed by atoms with van der Waals surface area (Å²) in [6.07, 6.45) is 2.49. The minimum atomic E-state index is -0.285. The van der Waals surface area contributed by atoms with Gasteiger partial charge in [0.05, 0.1) is 5.25 Å². The zero-order valence-corrected chi connectivity index (χ0v) is 17.4. The van der Waals surface area contributed by atoms with Crippen LogP contribution in [0, 0.1) is 6.92 Å².